The minimum Gasteiger partial charge on any atom is -0.494 e. The molecule has 1 aromatic rings. The van der Waals surface area contributed by atoms with E-state index in [0.29, 0.717) is 12.4 Å². The Labute approximate surface area is 119 Å². The third-order valence-corrected chi connectivity index (χ3v) is 3.28. The van der Waals surface area contributed by atoms with Crippen molar-refractivity contribution in [2.24, 2.45) is 0 Å². The molecule has 0 atom stereocenters. The molecule has 0 aliphatic carbocycles. The second-order valence-electron chi connectivity index (χ2n) is 4.84. The predicted molar refractivity (Wildman–Crippen MR) is 75.4 cm³/mol. The maximum atomic E-state index is 10.8. The molecule has 5 nitrogen and oxygen atoms in total. The Balaban J connectivity index is 1.70. The molecule has 0 amide bonds. The number of hydrogen-bond acceptors (Lipinski definition) is 4. The van der Waals surface area contributed by atoms with Crippen molar-refractivity contribution >= 4 is 5.97 Å². The van der Waals surface area contributed by atoms with Gasteiger partial charge in [-0.05, 0) is 31.0 Å². The lowest BCUT2D eigenvalue weighted by atomic mass is 10.2. The largest absolute Gasteiger partial charge is 0.494 e. The summed E-state index contributed by atoms with van der Waals surface area (Å²) in [6.45, 7) is 5.31. The maximum Gasteiger partial charge on any atom is 0.335 e. The zero-order valence-electron chi connectivity index (χ0n) is 11.6. The predicted octanol–water partition coefficient (Wildman–Crippen LogP) is 1.88. The fourth-order valence-corrected chi connectivity index (χ4v) is 2.22. The van der Waals surface area contributed by atoms with E-state index in [4.69, 9.17) is 14.6 Å². The summed E-state index contributed by atoms with van der Waals surface area (Å²) >= 11 is 0. The first kappa shape index (κ1) is 14.8. The fourth-order valence-electron chi connectivity index (χ4n) is 2.22. The van der Waals surface area contributed by atoms with Crippen LogP contribution in [0.3, 0.4) is 0 Å². The number of benzene rings is 1. The summed E-state index contributed by atoms with van der Waals surface area (Å²) in [4.78, 5) is 13.2. The highest BCUT2D eigenvalue weighted by atomic mass is 16.5. The first-order valence-electron chi connectivity index (χ1n) is 7.02. The number of aromatic carboxylic acids is 1. The Morgan fingerprint density at radius 3 is 3.10 bits per heavy atom. The molecule has 0 saturated carbocycles. The van der Waals surface area contributed by atoms with Gasteiger partial charge in [0.05, 0.1) is 18.8 Å². The van der Waals surface area contributed by atoms with E-state index >= 15 is 0 Å². The van der Waals surface area contributed by atoms with Crippen molar-refractivity contribution in [1.29, 1.82) is 0 Å². The summed E-state index contributed by atoms with van der Waals surface area (Å²) in [6.07, 6.45) is 2.01. The molecule has 0 spiro atoms. The minimum absolute atomic E-state index is 0.257. The molecule has 1 N–H and O–H groups in total. The minimum atomic E-state index is -0.931. The summed E-state index contributed by atoms with van der Waals surface area (Å²) < 4.78 is 11.0. The molecule has 0 radical (unpaired) electrons. The average molecular weight is 279 g/mol. The first-order chi connectivity index (χ1) is 9.75. The van der Waals surface area contributed by atoms with E-state index in [2.05, 4.69) is 4.90 Å². The van der Waals surface area contributed by atoms with Gasteiger partial charge in [0, 0.05) is 26.2 Å². The molecule has 20 heavy (non-hydrogen) atoms. The van der Waals surface area contributed by atoms with Gasteiger partial charge >= 0.3 is 5.97 Å². The van der Waals surface area contributed by atoms with E-state index in [-0.39, 0.29) is 5.56 Å². The van der Waals surface area contributed by atoms with E-state index in [1.165, 1.54) is 0 Å². The van der Waals surface area contributed by atoms with Gasteiger partial charge in [0.25, 0.3) is 0 Å². The number of carboxylic acid groups (broad SMARTS) is 1. The molecule has 5 heteroatoms. The van der Waals surface area contributed by atoms with Crippen molar-refractivity contribution in [3.63, 3.8) is 0 Å². The number of carboxylic acids is 1. The van der Waals surface area contributed by atoms with Gasteiger partial charge in [0.15, 0.2) is 0 Å². The van der Waals surface area contributed by atoms with Crippen LogP contribution >= 0.6 is 0 Å². The number of carbonyl (C=O) groups is 1. The van der Waals surface area contributed by atoms with E-state index in [0.717, 1.165) is 45.7 Å². The number of ether oxygens (including phenoxy) is 2. The van der Waals surface area contributed by atoms with Crippen LogP contribution < -0.4 is 4.74 Å². The fraction of sp³-hybridized carbons (Fsp3) is 0.533. The van der Waals surface area contributed by atoms with Crippen molar-refractivity contribution < 1.29 is 19.4 Å². The summed E-state index contributed by atoms with van der Waals surface area (Å²) in [7, 11) is 0. The van der Waals surface area contributed by atoms with Crippen molar-refractivity contribution in [1.82, 2.24) is 4.90 Å². The van der Waals surface area contributed by atoms with E-state index < -0.39 is 5.97 Å². The molecule has 0 unspecified atom stereocenters. The highest BCUT2D eigenvalue weighted by Gasteiger charge is 2.08. The van der Waals surface area contributed by atoms with Gasteiger partial charge in [-0.2, -0.15) is 0 Å². The second-order valence-corrected chi connectivity index (χ2v) is 4.84. The Morgan fingerprint density at radius 1 is 1.35 bits per heavy atom. The molecule has 1 heterocycles. The summed E-state index contributed by atoms with van der Waals surface area (Å²) in [5.74, 6) is -0.316. The Hall–Kier alpha value is -1.59. The first-order valence-corrected chi connectivity index (χ1v) is 7.02. The zero-order valence-corrected chi connectivity index (χ0v) is 11.6. The van der Waals surface area contributed by atoms with Crippen LogP contribution in [-0.2, 0) is 4.74 Å². The molecule has 0 bridgehead atoms. The average Bonchev–Trinajstić information content (AvgIpc) is 2.72. The molecule has 110 valence electrons. The van der Waals surface area contributed by atoms with E-state index in [9.17, 15) is 4.79 Å². The molecule has 1 aromatic carbocycles. The Morgan fingerprint density at radius 2 is 2.25 bits per heavy atom. The van der Waals surface area contributed by atoms with Gasteiger partial charge in [0.2, 0.25) is 0 Å². The van der Waals surface area contributed by atoms with Gasteiger partial charge in [-0.25, -0.2) is 4.79 Å². The second kappa shape index (κ2) is 7.87. The van der Waals surface area contributed by atoms with Crippen LogP contribution in [0.4, 0.5) is 0 Å². The van der Waals surface area contributed by atoms with Gasteiger partial charge in [0.1, 0.15) is 5.75 Å². The van der Waals surface area contributed by atoms with Crippen LogP contribution in [0.2, 0.25) is 0 Å². The molecule has 1 aliphatic rings. The lowest BCUT2D eigenvalue weighted by molar-refractivity contribution is 0.0696. The van der Waals surface area contributed by atoms with Crippen LogP contribution in [-0.4, -0.2) is 55.4 Å². The summed E-state index contributed by atoms with van der Waals surface area (Å²) in [5.41, 5.74) is 0.257. The number of rotatable bonds is 6. The van der Waals surface area contributed by atoms with Crippen molar-refractivity contribution in [3.8, 4) is 5.75 Å². The zero-order chi connectivity index (χ0) is 14.2. The molecule has 0 aromatic heterocycles. The monoisotopic (exact) mass is 279 g/mol. The Bertz CT molecular complexity index is 428. The van der Waals surface area contributed by atoms with E-state index in [1.807, 2.05) is 0 Å². The third-order valence-electron chi connectivity index (χ3n) is 3.28. The normalized spacial score (nSPS) is 16.6. The highest BCUT2D eigenvalue weighted by Crippen LogP contribution is 2.13. The number of nitrogens with zero attached hydrogens (tertiary/aromatic N) is 1. The molecular formula is C15H21NO4. The van der Waals surface area contributed by atoms with Crippen LogP contribution in [0.5, 0.6) is 5.75 Å². The van der Waals surface area contributed by atoms with Gasteiger partial charge in [-0.1, -0.05) is 6.07 Å². The smallest absolute Gasteiger partial charge is 0.335 e. The third kappa shape index (κ3) is 4.83. The lowest BCUT2D eigenvalue weighted by Gasteiger charge is -2.18. The lowest BCUT2D eigenvalue weighted by Crippen LogP contribution is -2.28. The van der Waals surface area contributed by atoms with Gasteiger partial charge in [-0.15, -0.1) is 0 Å². The van der Waals surface area contributed by atoms with Crippen LogP contribution in [0, 0.1) is 0 Å². The molecule has 1 fully saturated rings. The van der Waals surface area contributed by atoms with Crippen LogP contribution in [0.15, 0.2) is 24.3 Å². The standard InChI is InChI=1S/C15H21NO4/c17-15(18)13-4-1-5-14(12-13)20-10-3-7-16-6-2-9-19-11-8-16/h1,4-5,12H,2-3,6-11H2,(H,17,18). The van der Waals surface area contributed by atoms with Crippen molar-refractivity contribution in [2.75, 3.05) is 39.5 Å². The quantitative estimate of drug-likeness (QED) is 0.806. The molecule has 1 saturated heterocycles. The summed E-state index contributed by atoms with van der Waals surface area (Å²) in [6, 6.07) is 6.60. The van der Waals surface area contributed by atoms with Crippen LogP contribution in [0.25, 0.3) is 0 Å². The maximum absolute atomic E-state index is 10.8. The van der Waals surface area contributed by atoms with Gasteiger partial charge < -0.3 is 19.5 Å². The molecule has 1 aliphatic heterocycles. The summed E-state index contributed by atoms with van der Waals surface area (Å²) in [5, 5.41) is 8.90. The van der Waals surface area contributed by atoms with Crippen molar-refractivity contribution in [3.05, 3.63) is 29.8 Å². The number of hydrogen-bond donors (Lipinski definition) is 1. The SMILES string of the molecule is O=C(O)c1cccc(OCCCN2CCCOCC2)c1. The van der Waals surface area contributed by atoms with Gasteiger partial charge in [-0.3, -0.25) is 0 Å². The van der Waals surface area contributed by atoms with Crippen LogP contribution in [0.1, 0.15) is 23.2 Å². The van der Waals surface area contributed by atoms with Crippen molar-refractivity contribution in [2.45, 2.75) is 12.8 Å². The highest BCUT2D eigenvalue weighted by molar-refractivity contribution is 5.87. The molecular weight excluding hydrogens is 258 g/mol. The van der Waals surface area contributed by atoms with E-state index in [1.54, 1.807) is 24.3 Å². The topological polar surface area (TPSA) is 59.0 Å². The Kier molecular flexibility index (Phi) is 5.83. The molecule has 2 rings (SSSR count).